The molecule has 0 saturated carbocycles. The lowest BCUT2D eigenvalue weighted by molar-refractivity contribution is 0.232. The molecule has 1 aromatic heterocycles. The van der Waals surface area contributed by atoms with Gasteiger partial charge in [-0.2, -0.15) is 0 Å². The van der Waals surface area contributed by atoms with Crippen molar-refractivity contribution in [1.29, 1.82) is 0 Å². The maximum absolute atomic E-state index is 5.13. The highest BCUT2D eigenvalue weighted by Gasteiger charge is 2.09. The third-order valence-electron chi connectivity index (χ3n) is 3.86. The van der Waals surface area contributed by atoms with E-state index in [1.165, 1.54) is 32.4 Å². The summed E-state index contributed by atoms with van der Waals surface area (Å²) in [6, 6.07) is 3.89. The molecule has 0 spiro atoms. The number of piperidine rings is 1. The molecule has 1 aromatic rings. The van der Waals surface area contributed by atoms with Gasteiger partial charge in [-0.1, -0.05) is 6.42 Å². The van der Waals surface area contributed by atoms with E-state index in [4.69, 9.17) is 4.74 Å². The quantitative estimate of drug-likeness (QED) is 0.612. The fourth-order valence-corrected chi connectivity index (χ4v) is 2.59. The molecule has 0 aromatic carbocycles. The number of pyridine rings is 1. The third-order valence-corrected chi connectivity index (χ3v) is 3.86. The summed E-state index contributed by atoms with van der Waals surface area (Å²) in [6.07, 6.45) is 5.79. The predicted molar refractivity (Wildman–Crippen MR) is 89.3 cm³/mol. The van der Waals surface area contributed by atoms with Crippen LogP contribution in [0.4, 0.5) is 0 Å². The van der Waals surface area contributed by atoms with E-state index in [0.717, 1.165) is 24.6 Å². The fourth-order valence-electron chi connectivity index (χ4n) is 2.59. The van der Waals surface area contributed by atoms with Gasteiger partial charge in [0.25, 0.3) is 0 Å². The highest BCUT2D eigenvalue weighted by atomic mass is 16.5. The molecule has 0 radical (unpaired) electrons. The van der Waals surface area contributed by atoms with E-state index in [-0.39, 0.29) is 0 Å². The number of methoxy groups -OCH3 is 1. The van der Waals surface area contributed by atoms with Gasteiger partial charge >= 0.3 is 0 Å². The largest absolute Gasteiger partial charge is 0.481 e. The first kappa shape index (κ1) is 16.5. The first-order chi connectivity index (χ1) is 10.8. The minimum Gasteiger partial charge on any atom is -0.481 e. The van der Waals surface area contributed by atoms with Crippen molar-refractivity contribution in [2.45, 2.75) is 25.8 Å². The molecule has 1 aliphatic heterocycles. The van der Waals surface area contributed by atoms with E-state index >= 15 is 0 Å². The second kappa shape index (κ2) is 9.25. The van der Waals surface area contributed by atoms with E-state index < -0.39 is 0 Å². The fraction of sp³-hybridized carbons (Fsp3) is 0.625. The van der Waals surface area contributed by atoms with Crippen molar-refractivity contribution in [3.8, 4) is 5.88 Å². The zero-order valence-electron chi connectivity index (χ0n) is 13.6. The van der Waals surface area contributed by atoms with Crippen LogP contribution in [0.3, 0.4) is 0 Å². The normalized spacial score (nSPS) is 16.4. The molecular weight excluding hydrogens is 278 g/mol. The molecule has 1 saturated heterocycles. The maximum atomic E-state index is 5.13. The number of guanidine groups is 1. The molecular formula is C16H27N5O. The summed E-state index contributed by atoms with van der Waals surface area (Å²) in [4.78, 5) is 10.9. The van der Waals surface area contributed by atoms with Gasteiger partial charge in [-0.15, -0.1) is 0 Å². The molecule has 6 nitrogen and oxygen atoms in total. The first-order valence-electron chi connectivity index (χ1n) is 7.97. The highest BCUT2D eigenvalue weighted by molar-refractivity contribution is 5.79. The number of nitrogens with one attached hydrogen (secondary N) is 2. The maximum Gasteiger partial charge on any atom is 0.213 e. The van der Waals surface area contributed by atoms with Crippen LogP contribution in [0, 0.1) is 0 Å². The van der Waals surface area contributed by atoms with Gasteiger partial charge in [-0.25, -0.2) is 4.98 Å². The lowest BCUT2D eigenvalue weighted by Crippen LogP contribution is -2.42. The van der Waals surface area contributed by atoms with Gasteiger partial charge in [0.15, 0.2) is 5.96 Å². The van der Waals surface area contributed by atoms with E-state index in [2.05, 4.69) is 25.5 Å². The summed E-state index contributed by atoms with van der Waals surface area (Å²) in [5.74, 6) is 1.46. The molecule has 2 rings (SSSR count). The molecule has 0 unspecified atom stereocenters. The number of hydrogen-bond acceptors (Lipinski definition) is 4. The first-order valence-corrected chi connectivity index (χ1v) is 7.97. The van der Waals surface area contributed by atoms with Gasteiger partial charge in [-0.3, -0.25) is 4.99 Å². The third kappa shape index (κ3) is 5.52. The molecule has 6 heteroatoms. The Balaban J connectivity index is 1.70. The van der Waals surface area contributed by atoms with Crippen molar-refractivity contribution in [2.75, 3.05) is 40.3 Å². The Labute approximate surface area is 133 Å². The van der Waals surface area contributed by atoms with Crippen LogP contribution in [-0.4, -0.2) is 56.2 Å². The average molecular weight is 305 g/mol. The zero-order valence-corrected chi connectivity index (χ0v) is 13.6. The Morgan fingerprint density at radius 3 is 2.86 bits per heavy atom. The van der Waals surface area contributed by atoms with E-state index in [9.17, 15) is 0 Å². The second-order valence-electron chi connectivity index (χ2n) is 5.46. The van der Waals surface area contributed by atoms with Crippen LogP contribution in [0.1, 0.15) is 24.8 Å². The standard InChI is InChI=1S/C16H27N5O/c1-17-16(19-8-11-21-9-4-3-5-10-21)20-13-14-6-7-18-15(12-14)22-2/h6-7,12H,3-5,8-11,13H2,1-2H3,(H2,17,19,20). The molecule has 0 aliphatic carbocycles. The van der Waals surface area contributed by atoms with Crippen LogP contribution in [0.25, 0.3) is 0 Å². The average Bonchev–Trinajstić information content (AvgIpc) is 2.59. The summed E-state index contributed by atoms with van der Waals surface area (Å²) in [6.45, 7) is 5.14. The topological polar surface area (TPSA) is 61.8 Å². The Hall–Kier alpha value is -1.82. The molecule has 22 heavy (non-hydrogen) atoms. The lowest BCUT2D eigenvalue weighted by atomic mass is 10.1. The summed E-state index contributed by atoms with van der Waals surface area (Å²) in [5, 5.41) is 6.68. The van der Waals surface area contributed by atoms with Crippen LogP contribution in [0.5, 0.6) is 5.88 Å². The SMILES string of the molecule is CN=C(NCCN1CCCCC1)NCc1ccnc(OC)c1. The number of aliphatic imine (C=N–C) groups is 1. The predicted octanol–water partition coefficient (Wildman–Crippen LogP) is 1.24. The Bertz CT molecular complexity index is 471. The van der Waals surface area contributed by atoms with E-state index in [1.54, 1.807) is 20.4 Å². The zero-order chi connectivity index (χ0) is 15.6. The summed E-state index contributed by atoms with van der Waals surface area (Å²) in [5.41, 5.74) is 1.12. The molecule has 0 bridgehead atoms. The van der Waals surface area contributed by atoms with Crippen molar-refractivity contribution in [3.63, 3.8) is 0 Å². The minimum atomic E-state index is 0.632. The summed E-state index contributed by atoms with van der Waals surface area (Å²) < 4.78 is 5.13. The minimum absolute atomic E-state index is 0.632. The molecule has 1 fully saturated rings. The van der Waals surface area contributed by atoms with Crippen molar-refractivity contribution in [1.82, 2.24) is 20.5 Å². The lowest BCUT2D eigenvalue weighted by Gasteiger charge is -2.26. The molecule has 122 valence electrons. The van der Waals surface area contributed by atoms with Crippen molar-refractivity contribution in [2.24, 2.45) is 4.99 Å². The molecule has 0 amide bonds. The molecule has 2 N–H and O–H groups in total. The van der Waals surface area contributed by atoms with Crippen LogP contribution >= 0.6 is 0 Å². The Morgan fingerprint density at radius 2 is 2.14 bits per heavy atom. The van der Waals surface area contributed by atoms with Crippen LogP contribution < -0.4 is 15.4 Å². The summed E-state index contributed by atoms with van der Waals surface area (Å²) >= 11 is 0. The molecule has 1 aliphatic rings. The van der Waals surface area contributed by atoms with Crippen molar-refractivity contribution in [3.05, 3.63) is 23.9 Å². The van der Waals surface area contributed by atoms with Gasteiger partial charge in [0.05, 0.1) is 7.11 Å². The highest BCUT2D eigenvalue weighted by Crippen LogP contribution is 2.08. The number of aromatic nitrogens is 1. The van der Waals surface area contributed by atoms with Gasteiger partial charge in [0, 0.05) is 38.9 Å². The smallest absolute Gasteiger partial charge is 0.213 e. The van der Waals surface area contributed by atoms with Gasteiger partial charge in [0.1, 0.15) is 0 Å². The van der Waals surface area contributed by atoms with Crippen LogP contribution in [0.15, 0.2) is 23.3 Å². The summed E-state index contributed by atoms with van der Waals surface area (Å²) in [7, 11) is 3.42. The van der Waals surface area contributed by atoms with Crippen molar-refractivity contribution >= 4 is 5.96 Å². The monoisotopic (exact) mass is 305 g/mol. The van der Waals surface area contributed by atoms with Crippen LogP contribution in [-0.2, 0) is 6.54 Å². The van der Waals surface area contributed by atoms with Crippen molar-refractivity contribution < 1.29 is 4.74 Å². The van der Waals surface area contributed by atoms with Crippen LogP contribution in [0.2, 0.25) is 0 Å². The van der Waals surface area contributed by atoms with Gasteiger partial charge in [0.2, 0.25) is 5.88 Å². The Kier molecular flexibility index (Phi) is 6.96. The second-order valence-corrected chi connectivity index (χ2v) is 5.46. The van der Waals surface area contributed by atoms with E-state index in [1.807, 2.05) is 12.1 Å². The number of likely N-dealkylation sites (tertiary alicyclic amines) is 1. The molecule has 0 atom stereocenters. The molecule has 2 heterocycles. The Morgan fingerprint density at radius 1 is 1.32 bits per heavy atom. The number of rotatable bonds is 6. The van der Waals surface area contributed by atoms with E-state index in [0.29, 0.717) is 12.4 Å². The number of hydrogen-bond donors (Lipinski definition) is 2. The van der Waals surface area contributed by atoms with Gasteiger partial charge < -0.3 is 20.3 Å². The number of nitrogens with zero attached hydrogens (tertiary/aromatic N) is 3. The number of ether oxygens (including phenoxy) is 1. The van der Waals surface area contributed by atoms with Gasteiger partial charge in [-0.05, 0) is 37.6 Å².